The molecule has 1 amide bonds. The number of nitrogens with one attached hydrogen (secondary N) is 1. The number of hydrogen-bond donors (Lipinski definition) is 1. The average molecular weight is 259 g/mol. The highest BCUT2D eigenvalue weighted by atomic mass is 16.6. The van der Waals surface area contributed by atoms with E-state index in [4.69, 9.17) is 9.25 Å². The number of rotatable bonds is 6. The maximum absolute atomic E-state index is 11.7. The van der Waals surface area contributed by atoms with Gasteiger partial charge in [0.05, 0.1) is 12.9 Å². The maximum Gasteiger partial charge on any atom is 0.274 e. The molecule has 1 N–H and O–H groups in total. The number of hydroxylamine groups is 1. The summed E-state index contributed by atoms with van der Waals surface area (Å²) in [6, 6.07) is 11.1. The van der Waals surface area contributed by atoms with Gasteiger partial charge in [0.1, 0.15) is 5.76 Å². The first kappa shape index (κ1) is 13.4. The van der Waals surface area contributed by atoms with Crippen LogP contribution in [-0.4, -0.2) is 12.5 Å². The number of carbonyl (C=O) groups is 1. The van der Waals surface area contributed by atoms with Crippen molar-refractivity contribution in [1.82, 2.24) is 5.48 Å². The minimum Gasteiger partial charge on any atom is -0.469 e. The molecule has 0 aliphatic carbocycles. The first-order chi connectivity index (χ1) is 9.25. The molecule has 0 saturated carbocycles. The molecule has 0 aliphatic heterocycles. The van der Waals surface area contributed by atoms with Crippen LogP contribution in [0.1, 0.15) is 28.1 Å². The third-order valence-corrected chi connectivity index (χ3v) is 2.73. The summed E-state index contributed by atoms with van der Waals surface area (Å²) in [5.74, 6) is 0.700. The van der Waals surface area contributed by atoms with E-state index in [2.05, 4.69) is 5.48 Å². The van der Waals surface area contributed by atoms with E-state index in [-0.39, 0.29) is 5.91 Å². The van der Waals surface area contributed by atoms with Crippen molar-refractivity contribution in [2.45, 2.75) is 19.8 Å². The Bertz CT molecular complexity index is 503. The lowest BCUT2D eigenvalue weighted by Gasteiger charge is -2.05. The zero-order valence-corrected chi connectivity index (χ0v) is 10.9. The van der Waals surface area contributed by atoms with Crippen molar-refractivity contribution in [2.75, 3.05) is 6.61 Å². The number of aryl methyl sites for hydroxylation is 2. The summed E-state index contributed by atoms with van der Waals surface area (Å²) >= 11 is 0. The van der Waals surface area contributed by atoms with Gasteiger partial charge in [-0.1, -0.05) is 17.7 Å². The number of benzene rings is 1. The van der Waals surface area contributed by atoms with Gasteiger partial charge >= 0.3 is 0 Å². The summed E-state index contributed by atoms with van der Waals surface area (Å²) in [5.41, 5.74) is 4.14. The molecule has 2 aromatic rings. The number of amides is 1. The fourth-order valence-corrected chi connectivity index (χ4v) is 1.65. The second-order valence-electron chi connectivity index (χ2n) is 4.33. The molecule has 2 rings (SSSR count). The van der Waals surface area contributed by atoms with Gasteiger partial charge in [0.2, 0.25) is 0 Å². The third-order valence-electron chi connectivity index (χ3n) is 2.73. The van der Waals surface area contributed by atoms with Crippen molar-refractivity contribution in [3.63, 3.8) is 0 Å². The molecule has 0 bridgehead atoms. The predicted molar refractivity (Wildman–Crippen MR) is 71.6 cm³/mol. The minimum absolute atomic E-state index is 0.224. The summed E-state index contributed by atoms with van der Waals surface area (Å²) in [4.78, 5) is 16.8. The van der Waals surface area contributed by atoms with Crippen LogP contribution in [0.4, 0.5) is 0 Å². The van der Waals surface area contributed by atoms with E-state index in [0.717, 1.165) is 24.2 Å². The van der Waals surface area contributed by atoms with E-state index in [1.54, 1.807) is 18.4 Å². The number of hydrogen-bond acceptors (Lipinski definition) is 3. The van der Waals surface area contributed by atoms with Crippen molar-refractivity contribution in [2.24, 2.45) is 0 Å². The zero-order valence-electron chi connectivity index (χ0n) is 10.9. The van der Waals surface area contributed by atoms with Crippen LogP contribution in [0.5, 0.6) is 0 Å². The van der Waals surface area contributed by atoms with E-state index in [1.165, 1.54) is 0 Å². The molecule has 100 valence electrons. The van der Waals surface area contributed by atoms with Gasteiger partial charge in [-0.15, -0.1) is 0 Å². The lowest BCUT2D eigenvalue weighted by Crippen LogP contribution is -2.24. The zero-order chi connectivity index (χ0) is 13.5. The predicted octanol–water partition coefficient (Wildman–Crippen LogP) is 2.88. The average Bonchev–Trinajstić information content (AvgIpc) is 2.92. The number of furan rings is 1. The summed E-state index contributed by atoms with van der Waals surface area (Å²) in [7, 11) is 0. The molecular weight excluding hydrogens is 242 g/mol. The highest BCUT2D eigenvalue weighted by Gasteiger charge is 2.04. The van der Waals surface area contributed by atoms with E-state index in [1.807, 2.05) is 31.2 Å². The third kappa shape index (κ3) is 4.26. The van der Waals surface area contributed by atoms with Crippen LogP contribution < -0.4 is 5.48 Å². The van der Waals surface area contributed by atoms with E-state index in [9.17, 15) is 4.79 Å². The van der Waals surface area contributed by atoms with Crippen LogP contribution in [0.25, 0.3) is 0 Å². The minimum atomic E-state index is -0.224. The van der Waals surface area contributed by atoms with E-state index < -0.39 is 0 Å². The van der Waals surface area contributed by atoms with Crippen LogP contribution in [-0.2, 0) is 11.3 Å². The smallest absolute Gasteiger partial charge is 0.274 e. The maximum atomic E-state index is 11.7. The molecule has 1 aromatic heterocycles. The monoisotopic (exact) mass is 259 g/mol. The largest absolute Gasteiger partial charge is 0.469 e. The quantitative estimate of drug-likeness (QED) is 0.641. The molecule has 4 heteroatoms. The second-order valence-corrected chi connectivity index (χ2v) is 4.33. The van der Waals surface area contributed by atoms with Gasteiger partial charge in [-0.05, 0) is 37.6 Å². The van der Waals surface area contributed by atoms with Crippen molar-refractivity contribution in [3.8, 4) is 0 Å². The first-order valence-electron chi connectivity index (χ1n) is 6.27. The SMILES string of the molecule is Cc1ccc(C(=O)NOCCCc2ccco2)cc1. The van der Waals surface area contributed by atoms with Crippen LogP contribution in [0, 0.1) is 6.92 Å². The summed E-state index contributed by atoms with van der Waals surface area (Å²) in [5, 5.41) is 0. The van der Waals surface area contributed by atoms with Gasteiger partial charge in [-0.2, -0.15) is 0 Å². The topological polar surface area (TPSA) is 51.5 Å². The van der Waals surface area contributed by atoms with Crippen LogP contribution in [0.2, 0.25) is 0 Å². The Balaban J connectivity index is 1.65. The fraction of sp³-hybridized carbons (Fsp3) is 0.267. The second kappa shape index (κ2) is 6.75. The summed E-state index contributed by atoms with van der Waals surface area (Å²) in [6.45, 7) is 2.44. The fourth-order valence-electron chi connectivity index (χ4n) is 1.65. The molecule has 0 spiro atoms. The molecule has 1 aromatic carbocycles. The first-order valence-corrected chi connectivity index (χ1v) is 6.27. The van der Waals surface area contributed by atoms with Crippen LogP contribution in [0.15, 0.2) is 47.1 Å². The van der Waals surface area contributed by atoms with Crippen LogP contribution in [0.3, 0.4) is 0 Å². The molecule has 0 saturated heterocycles. The van der Waals surface area contributed by atoms with E-state index in [0.29, 0.717) is 12.2 Å². The van der Waals surface area contributed by atoms with Gasteiger partial charge in [-0.3, -0.25) is 9.63 Å². The highest BCUT2D eigenvalue weighted by molar-refractivity contribution is 5.93. The molecule has 0 fully saturated rings. The van der Waals surface area contributed by atoms with Gasteiger partial charge in [-0.25, -0.2) is 5.48 Å². The molecule has 1 heterocycles. The molecular formula is C15H17NO3. The summed E-state index contributed by atoms with van der Waals surface area (Å²) < 4.78 is 5.20. The lowest BCUT2D eigenvalue weighted by atomic mass is 10.1. The molecule has 4 nitrogen and oxygen atoms in total. The van der Waals surface area contributed by atoms with Gasteiger partial charge in [0, 0.05) is 12.0 Å². The molecule has 0 aliphatic rings. The van der Waals surface area contributed by atoms with Gasteiger partial charge < -0.3 is 4.42 Å². The van der Waals surface area contributed by atoms with Crippen molar-refractivity contribution < 1.29 is 14.0 Å². The Morgan fingerprint density at radius 1 is 1.26 bits per heavy atom. The Morgan fingerprint density at radius 3 is 2.74 bits per heavy atom. The van der Waals surface area contributed by atoms with Crippen molar-refractivity contribution in [1.29, 1.82) is 0 Å². The molecule has 0 unspecified atom stereocenters. The Kier molecular flexibility index (Phi) is 4.75. The number of carbonyl (C=O) groups excluding carboxylic acids is 1. The Morgan fingerprint density at radius 2 is 2.05 bits per heavy atom. The lowest BCUT2D eigenvalue weighted by molar-refractivity contribution is 0.0301. The van der Waals surface area contributed by atoms with Crippen molar-refractivity contribution >= 4 is 5.91 Å². The van der Waals surface area contributed by atoms with Crippen LogP contribution >= 0.6 is 0 Å². The van der Waals surface area contributed by atoms with Gasteiger partial charge in [0.15, 0.2) is 0 Å². The standard InChI is InChI=1S/C15H17NO3/c1-12-6-8-13(9-7-12)15(17)16-19-11-3-5-14-4-2-10-18-14/h2,4,6-10H,3,5,11H2,1H3,(H,16,17). The highest BCUT2D eigenvalue weighted by Crippen LogP contribution is 2.04. The molecule has 0 radical (unpaired) electrons. The summed E-state index contributed by atoms with van der Waals surface area (Å²) in [6.07, 6.45) is 3.24. The van der Waals surface area contributed by atoms with E-state index >= 15 is 0 Å². The normalized spacial score (nSPS) is 10.4. The molecule has 19 heavy (non-hydrogen) atoms. The van der Waals surface area contributed by atoms with Crippen molar-refractivity contribution in [3.05, 3.63) is 59.5 Å². The molecule has 0 atom stereocenters. The Hall–Kier alpha value is -2.07. The van der Waals surface area contributed by atoms with Gasteiger partial charge in [0.25, 0.3) is 5.91 Å². The Labute approximate surface area is 112 Å².